The Morgan fingerprint density at radius 2 is 1.04 bits per heavy atom. The summed E-state index contributed by atoms with van der Waals surface area (Å²) in [6, 6.07) is 10.6. The predicted molar refractivity (Wildman–Crippen MR) is 212 cm³/mol. The minimum Gasteiger partial charge on any atom is -0.389 e. The Kier molecular flexibility index (Phi) is 16.1. The van der Waals surface area contributed by atoms with Crippen molar-refractivity contribution in [3.63, 3.8) is 0 Å². The van der Waals surface area contributed by atoms with Crippen molar-refractivity contribution in [1.29, 1.82) is 0 Å². The van der Waals surface area contributed by atoms with Crippen molar-refractivity contribution in [2.24, 2.45) is 15.5 Å². The zero-order valence-corrected chi connectivity index (χ0v) is 34.3. The molecule has 3 aromatic carbocycles. The molecular weight excluding hydrogens is 848 g/mol. The summed E-state index contributed by atoms with van der Waals surface area (Å²) >= 11 is 14.2. The van der Waals surface area contributed by atoms with Crippen molar-refractivity contribution in [2.45, 2.75) is 100 Å². The van der Waals surface area contributed by atoms with Crippen molar-refractivity contribution >= 4 is 71.7 Å². The SMILES string of the molecule is C.CC1(C)CC(S(=O)(=O)C(Cl)c2c(F)cccc2F)=NO1.CC1(C)CC(SC(Cl)c2c(F)cccc2F)=NO1.CC1(C)CC(SCc2c(F)cccc2F)=NO1. The Morgan fingerprint density at radius 1 is 0.643 bits per heavy atom. The van der Waals surface area contributed by atoms with Gasteiger partial charge < -0.3 is 14.5 Å². The van der Waals surface area contributed by atoms with Crippen LogP contribution in [0.4, 0.5) is 26.3 Å². The first-order valence-electron chi connectivity index (χ1n) is 16.4. The van der Waals surface area contributed by atoms with Gasteiger partial charge in [0.1, 0.15) is 66.5 Å². The molecule has 0 saturated heterocycles. The van der Waals surface area contributed by atoms with E-state index in [0.717, 1.165) is 35.0 Å². The maximum Gasteiger partial charge on any atom is 0.216 e. The summed E-state index contributed by atoms with van der Waals surface area (Å²) in [6.07, 6.45) is 1.25. The highest BCUT2D eigenvalue weighted by Crippen LogP contribution is 2.41. The fraction of sp³-hybridized carbons (Fsp3) is 0.432. The summed E-state index contributed by atoms with van der Waals surface area (Å²) in [5.74, 6) is -4.15. The van der Waals surface area contributed by atoms with Gasteiger partial charge in [-0.3, -0.25) is 0 Å². The first kappa shape index (κ1) is 47.3. The number of halogens is 8. The number of benzene rings is 3. The van der Waals surface area contributed by atoms with Crippen LogP contribution < -0.4 is 0 Å². The lowest BCUT2D eigenvalue weighted by atomic mass is 10.1. The van der Waals surface area contributed by atoms with Gasteiger partial charge in [-0.15, -0.1) is 23.4 Å². The van der Waals surface area contributed by atoms with Gasteiger partial charge in [0.15, 0.2) is 9.75 Å². The Morgan fingerprint density at radius 3 is 1.45 bits per heavy atom. The third kappa shape index (κ3) is 12.4. The van der Waals surface area contributed by atoms with Crippen LogP contribution in [0.1, 0.15) is 94.3 Å². The van der Waals surface area contributed by atoms with Crippen LogP contribution in [0.2, 0.25) is 0 Å². The first-order chi connectivity index (χ1) is 25.5. The highest BCUT2D eigenvalue weighted by molar-refractivity contribution is 8.15. The van der Waals surface area contributed by atoms with Crippen molar-refractivity contribution in [3.8, 4) is 0 Å². The van der Waals surface area contributed by atoms with Crippen LogP contribution in [0, 0.1) is 34.9 Å². The molecule has 0 aromatic heterocycles. The molecule has 308 valence electrons. The van der Waals surface area contributed by atoms with Crippen molar-refractivity contribution in [1.82, 2.24) is 0 Å². The second kappa shape index (κ2) is 19.1. The van der Waals surface area contributed by atoms with E-state index in [4.69, 9.17) is 37.7 Å². The van der Waals surface area contributed by atoms with Crippen LogP contribution in [0.15, 0.2) is 70.1 Å². The van der Waals surface area contributed by atoms with Gasteiger partial charge in [-0.2, -0.15) is 0 Å². The van der Waals surface area contributed by atoms with Gasteiger partial charge in [0.2, 0.25) is 9.84 Å². The van der Waals surface area contributed by atoms with E-state index < -0.39 is 65.3 Å². The molecule has 3 aromatic rings. The zero-order chi connectivity index (χ0) is 40.9. The molecule has 56 heavy (non-hydrogen) atoms. The first-order valence-corrected chi connectivity index (χ1v) is 20.7. The number of sulfone groups is 1. The minimum absolute atomic E-state index is 0. The van der Waals surface area contributed by atoms with E-state index in [1.54, 1.807) is 13.8 Å². The molecule has 0 radical (unpaired) electrons. The topological polar surface area (TPSA) is 98.9 Å². The standard InChI is InChI=1S/C12H12ClF2NO3S.C12H12ClF2NOS.C12H13F2NOS.CH4/c1-12(2)6-9(16-19-12)20(17,18)11(13)10-7(14)4-3-5-8(10)15;1-12(2)6-9(16-17-12)18-11(13)10-7(14)4-3-5-8(10)15;1-12(2)6-11(15-16-12)17-7-8-9(13)4-3-5-10(8)14;/h3-5,11H,6H2,1-2H3;3-5,11H,6H2,1-2H3;3-5H,6-7H2,1-2H3;1H4. The quantitative estimate of drug-likeness (QED) is 0.180. The van der Waals surface area contributed by atoms with Gasteiger partial charge in [-0.05, 0) is 77.9 Å². The molecule has 0 aliphatic carbocycles. The Bertz CT molecular complexity index is 2030. The van der Waals surface area contributed by atoms with E-state index in [9.17, 15) is 34.8 Å². The summed E-state index contributed by atoms with van der Waals surface area (Å²) < 4.78 is 103. The van der Waals surface area contributed by atoms with E-state index in [0.29, 0.717) is 17.9 Å². The fourth-order valence-electron chi connectivity index (χ4n) is 4.84. The Balaban J connectivity index is 0.000000224. The number of nitrogens with zero attached hydrogens (tertiary/aromatic N) is 3. The third-order valence-electron chi connectivity index (χ3n) is 7.65. The Hall–Kier alpha value is -3.12. The highest BCUT2D eigenvalue weighted by atomic mass is 35.5. The maximum absolute atomic E-state index is 13.6. The lowest BCUT2D eigenvalue weighted by Crippen LogP contribution is -2.25. The van der Waals surface area contributed by atoms with Crippen LogP contribution in [0.5, 0.6) is 0 Å². The largest absolute Gasteiger partial charge is 0.389 e. The number of hydrogen-bond acceptors (Lipinski definition) is 10. The Labute approximate surface area is 341 Å². The molecule has 19 heteroatoms. The van der Waals surface area contributed by atoms with Crippen LogP contribution in [0.3, 0.4) is 0 Å². The smallest absolute Gasteiger partial charge is 0.216 e. The number of alkyl halides is 2. The number of rotatable bonds is 6. The minimum atomic E-state index is -4.20. The summed E-state index contributed by atoms with van der Waals surface area (Å²) in [7, 11) is -4.20. The molecule has 2 atom stereocenters. The van der Waals surface area contributed by atoms with Gasteiger partial charge in [0.25, 0.3) is 0 Å². The van der Waals surface area contributed by atoms with Crippen molar-refractivity contribution < 1.29 is 49.3 Å². The molecule has 3 aliphatic heterocycles. The second-order valence-corrected chi connectivity index (χ2v) is 19.7. The third-order valence-corrected chi connectivity index (χ3v) is 12.6. The molecule has 0 spiro atoms. The van der Waals surface area contributed by atoms with E-state index >= 15 is 0 Å². The van der Waals surface area contributed by atoms with Crippen LogP contribution in [-0.4, -0.2) is 40.4 Å². The van der Waals surface area contributed by atoms with Crippen molar-refractivity contribution in [2.75, 3.05) is 0 Å². The molecule has 0 N–H and O–H groups in total. The number of oxime groups is 3. The van der Waals surface area contributed by atoms with E-state index in [1.165, 1.54) is 48.2 Å². The number of hydrogen-bond donors (Lipinski definition) is 0. The van der Waals surface area contributed by atoms with Crippen LogP contribution >= 0.6 is 46.7 Å². The zero-order valence-electron chi connectivity index (χ0n) is 30.3. The van der Waals surface area contributed by atoms with E-state index in [1.807, 2.05) is 27.7 Å². The van der Waals surface area contributed by atoms with Gasteiger partial charge in [0, 0.05) is 30.6 Å². The fourth-order valence-corrected chi connectivity index (χ4v) is 9.55. The predicted octanol–water partition coefficient (Wildman–Crippen LogP) is 11.9. The normalized spacial score (nSPS) is 18.5. The molecule has 0 saturated carbocycles. The molecule has 0 fully saturated rings. The monoisotopic (exact) mass is 887 g/mol. The highest BCUT2D eigenvalue weighted by Gasteiger charge is 2.42. The number of thioether (sulfide) groups is 2. The molecule has 8 nitrogen and oxygen atoms in total. The van der Waals surface area contributed by atoms with Crippen molar-refractivity contribution in [3.05, 3.63) is 106 Å². The summed E-state index contributed by atoms with van der Waals surface area (Å²) in [5, 5.41) is 12.3. The van der Waals surface area contributed by atoms with E-state index in [-0.39, 0.29) is 47.0 Å². The van der Waals surface area contributed by atoms with Crippen LogP contribution in [0.25, 0.3) is 0 Å². The molecular formula is C37H41Cl2F6N3O5S3. The molecule has 0 bridgehead atoms. The summed E-state index contributed by atoms with van der Waals surface area (Å²) in [6.45, 7) is 10.9. The average molecular weight is 889 g/mol. The van der Waals surface area contributed by atoms with Gasteiger partial charge in [-0.25, -0.2) is 34.8 Å². The lowest BCUT2D eigenvalue weighted by Gasteiger charge is -2.15. The van der Waals surface area contributed by atoms with Gasteiger partial charge in [-0.1, -0.05) is 64.5 Å². The molecule has 2 unspecified atom stereocenters. The van der Waals surface area contributed by atoms with Gasteiger partial charge >= 0.3 is 0 Å². The van der Waals surface area contributed by atoms with E-state index in [2.05, 4.69) is 15.5 Å². The maximum atomic E-state index is 13.6. The molecule has 6 rings (SSSR count). The van der Waals surface area contributed by atoms with Crippen LogP contribution in [-0.2, 0) is 30.1 Å². The lowest BCUT2D eigenvalue weighted by molar-refractivity contribution is 0.0120. The van der Waals surface area contributed by atoms with Gasteiger partial charge in [0.05, 0.1) is 11.1 Å². The molecule has 3 heterocycles. The summed E-state index contributed by atoms with van der Waals surface area (Å²) in [4.78, 5) is 15.3. The molecule has 0 amide bonds. The average Bonchev–Trinajstić information content (AvgIpc) is 3.75. The molecule has 3 aliphatic rings. The second-order valence-electron chi connectivity index (χ2n) is 14.1. The summed E-state index contributed by atoms with van der Waals surface area (Å²) in [5.41, 5.74) is -2.24.